The van der Waals surface area contributed by atoms with Gasteiger partial charge in [-0.1, -0.05) is 0 Å². The molecule has 1 aromatic rings. The molecule has 1 amide bonds. The molecule has 0 bridgehead atoms. The van der Waals surface area contributed by atoms with Gasteiger partial charge in [0.15, 0.2) is 0 Å². The summed E-state index contributed by atoms with van der Waals surface area (Å²) in [6.45, 7) is 1.35. The van der Waals surface area contributed by atoms with Crippen LogP contribution in [0.3, 0.4) is 0 Å². The number of benzene rings is 1. The number of amides is 1. The number of carbonyl (C=O) groups excluding carboxylic acids is 1. The molecule has 0 aliphatic heterocycles. The predicted octanol–water partition coefficient (Wildman–Crippen LogP) is 1.44. The van der Waals surface area contributed by atoms with Gasteiger partial charge in [-0.2, -0.15) is 0 Å². The van der Waals surface area contributed by atoms with E-state index in [1.165, 1.54) is 7.11 Å². The first-order valence-electron chi connectivity index (χ1n) is 7.04. The topological polar surface area (TPSA) is 85.6 Å². The number of ether oxygens (including phenoxy) is 2. The van der Waals surface area contributed by atoms with Crippen molar-refractivity contribution < 1.29 is 14.3 Å². The van der Waals surface area contributed by atoms with E-state index in [2.05, 4.69) is 10.6 Å². The number of rotatable bonds is 10. The first kappa shape index (κ1) is 17.4. The highest BCUT2D eigenvalue weighted by Crippen LogP contribution is 2.15. The van der Waals surface area contributed by atoms with E-state index in [-0.39, 0.29) is 18.6 Å². The Labute approximate surface area is 126 Å². The molecule has 118 valence electrons. The van der Waals surface area contributed by atoms with Crippen LogP contribution in [0.2, 0.25) is 0 Å². The van der Waals surface area contributed by atoms with E-state index in [1.807, 2.05) is 24.3 Å². The van der Waals surface area contributed by atoms with Crippen LogP contribution < -0.4 is 16.4 Å². The van der Waals surface area contributed by atoms with Crippen LogP contribution >= 0.6 is 0 Å². The first-order chi connectivity index (χ1) is 10.2. The molecule has 1 atom stereocenters. The lowest BCUT2D eigenvalue weighted by molar-refractivity contribution is -0.119. The van der Waals surface area contributed by atoms with Crippen LogP contribution in [-0.2, 0) is 14.3 Å². The summed E-state index contributed by atoms with van der Waals surface area (Å²) in [4.78, 5) is 11.4. The van der Waals surface area contributed by atoms with Gasteiger partial charge in [-0.3, -0.25) is 4.79 Å². The van der Waals surface area contributed by atoms with Gasteiger partial charge in [-0.15, -0.1) is 0 Å². The van der Waals surface area contributed by atoms with Crippen molar-refractivity contribution in [3.05, 3.63) is 24.3 Å². The normalized spacial score (nSPS) is 12.0. The maximum Gasteiger partial charge on any atom is 0.250 e. The minimum Gasteiger partial charge on any atom is -0.383 e. The number of nitrogens with one attached hydrogen (secondary N) is 2. The molecular weight excluding hydrogens is 270 g/mol. The van der Waals surface area contributed by atoms with Gasteiger partial charge in [-0.25, -0.2) is 0 Å². The Kier molecular flexibility index (Phi) is 8.42. The molecular formula is C15H25N3O3. The fourth-order valence-corrected chi connectivity index (χ4v) is 1.98. The van der Waals surface area contributed by atoms with E-state index in [0.717, 1.165) is 24.2 Å². The van der Waals surface area contributed by atoms with Gasteiger partial charge >= 0.3 is 0 Å². The summed E-state index contributed by atoms with van der Waals surface area (Å²) >= 11 is 0. The summed E-state index contributed by atoms with van der Waals surface area (Å²) in [7, 11) is 3.18. The molecule has 4 N–H and O–H groups in total. The standard InChI is InChI=1S/C15H25N3O3/c1-20-10-14(4-3-9-16)17-12-5-7-13(8-6-12)18-15(19)11-21-2/h5-8,14,17H,3-4,9-11,16H2,1-2H3,(H,18,19). The second-order valence-corrected chi connectivity index (χ2v) is 4.79. The maximum absolute atomic E-state index is 11.4. The average Bonchev–Trinajstić information content (AvgIpc) is 2.47. The molecule has 0 radical (unpaired) electrons. The molecule has 0 saturated heterocycles. The molecule has 21 heavy (non-hydrogen) atoms. The smallest absolute Gasteiger partial charge is 0.250 e. The second kappa shape index (κ2) is 10.1. The van der Waals surface area contributed by atoms with Crippen LogP contribution in [0.25, 0.3) is 0 Å². The number of hydrogen-bond donors (Lipinski definition) is 3. The fraction of sp³-hybridized carbons (Fsp3) is 0.533. The first-order valence-corrected chi connectivity index (χ1v) is 7.04. The number of methoxy groups -OCH3 is 2. The van der Waals surface area contributed by atoms with Crippen molar-refractivity contribution in [3.63, 3.8) is 0 Å². The Morgan fingerprint density at radius 1 is 1.19 bits per heavy atom. The minimum absolute atomic E-state index is 0.0506. The third kappa shape index (κ3) is 7.08. The third-order valence-corrected chi connectivity index (χ3v) is 2.94. The van der Waals surface area contributed by atoms with E-state index >= 15 is 0 Å². The van der Waals surface area contributed by atoms with Crippen LogP contribution in [0, 0.1) is 0 Å². The minimum atomic E-state index is -0.168. The molecule has 0 aliphatic rings. The molecule has 0 spiro atoms. The summed E-state index contributed by atoms with van der Waals surface area (Å²) in [6.07, 6.45) is 1.91. The van der Waals surface area contributed by atoms with Crippen molar-refractivity contribution in [1.29, 1.82) is 0 Å². The zero-order valence-electron chi connectivity index (χ0n) is 12.7. The van der Waals surface area contributed by atoms with Crippen LogP contribution in [-0.4, -0.2) is 45.9 Å². The van der Waals surface area contributed by atoms with Gasteiger partial charge in [0.25, 0.3) is 0 Å². The van der Waals surface area contributed by atoms with Gasteiger partial charge in [0, 0.05) is 31.6 Å². The van der Waals surface area contributed by atoms with Crippen molar-refractivity contribution in [3.8, 4) is 0 Å². The lowest BCUT2D eigenvalue weighted by Gasteiger charge is -2.19. The molecule has 1 rings (SSSR count). The van der Waals surface area contributed by atoms with Crippen LogP contribution in [0.5, 0.6) is 0 Å². The van der Waals surface area contributed by atoms with E-state index in [4.69, 9.17) is 15.2 Å². The van der Waals surface area contributed by atoms with Gasteiger partial charge in [0.05, 0.1) is 6.61 Å². The number of anilines is 2. The lowest BCUT2D eigenvalue weighted by atomic mass is 10.1. The van der Waals surface area contributed by atoms with E-state index < -0.39 is 0 Å². The molecule has 1 aromatic carbocycles. The summed E-state index contributed by atoms with van der Waals surface area (Å²) in [6, 6.07) is 7.78. The van der Waals surface area contributed by atoms with Gasteiger partial charge in [-0.05, 0) is 43.7 Å². The number of nitrogens with two attached hydrogens (primary N) is 1. The summed E-state index contributed by atoms with van der Waals surface area (Å²) in [5.74, 6) is -0.168. The summed E-state index contributed by atoms with van der Waals surface area (Å²) in [5.41, 5.74) is 7.27. The summed E-state index contributed by atoms with van der Waals surface area (Å²) in [5, 5.41) is 6.15. The van der Waals surface area contributed by atoms with Crippen LogP contribution in [0.1, 0.15) is 12.8 Å². The van der Waals surface area contributed by atoms with Crippen molar-refractivity contribution in [2.75, 3.05) is 44.6 Å². The lowest BCUT2D eigenvalue weighted by Crippen LogP contribution is -2.25. The number of hydrogen-bond acceptors (Lipinski definition) is 5. The van der Waals surface area contributed by atoms with Gasteiger partial charge in [0.1, 0.15) is 6.61 Å². The molecule has 6 nitrogen and oxygen atoms in total. The SMILES string of the molecule is COCC(=O)Nc1ccc(NC(CCCN)COC)cc1. The molecule has 1 unspecified atom stereocenters. The molecule has 0 heterocycles. The van der Waals surface area contributed by atoms with Crippen LogP contribution in [0.4, 0.5) is 11.4 Å². The summed E-state index contributed by atoms with van der Waals surface area (Å²) < 4.78 is 9.97. The zero-order chi connectivity index (χ0) is 15.5. The predicted molar refractivity (Wildman–Crippen MR) is 84.5 cm³/mol. The fourth-order valence-electron chi connectivity index (χ4n) is 1.98. The zero-order valence-corrected chi connectivity index (χ0v) is 12.7. The monoisotopic (exact) mass is 295 g/mol. The Balaban J connectivity index is 2.53. The Morgan fingerprint density at radius 3 is 2.43 bits per heavy atom. The third-order valence-electron chi connectivity index (χ3n) is 2.94. The van der Waals surface area contributed by atoms with Gasteiger partial charge < -0.3 is 25.8 Å². The Morgan fingerprint density at radius 2 is 1.86 bits per heavy atom. The molecule has 6 heteroatoms. The molecule has 0 aliphatic carbocycles. The van der Waals surface area contributed by atoms with Crippen molar-refractivity contribution in [1.82, 2.24) is 0 Å². The van der Waals surface area contributed by atoms with E-state index in [0.29, 0.717) is 13.2 Å². The van der Waals surface area contributed by atoms with Gasteiger partial charge in [0.2, 0.25) is 5.91 Å². The largest absolute Gasteiger partial charge is 0.383 e. The highest BCUT2D eigenvalue weighted by atomic mass is 16.5. The highest BCUT2D eigenvalue weighted by Gasteiger charge is 2.08. The molecule has 0 fully saturated rings. The Bertz CT molecular complexity index is 409. The Hall–Kier alpha value is -1.63. The maximum atomic E-state index is 11.4. The van der Waals surface area contributed by atoms with Crippen molar-refractivity contribution >= 4 is 17.3 Å². The van der Waals surface area contributed by atoms with Crippen LogP contribution in [0.15, 0.2) is 24.3 Å². The van der Waals surface area contributed by atoms with E-state index in [1.54, 1.807) is 7.11 Å². The molecule has 0 aromatic heterocycles. The van der Waals surface area contributed by atoms with E-state index in [9.17, 15) is 4.79 Å². The average molecular weight is 295 g/mol. The van der Waals surface area contributed by atoms with Crippen molar-refractivity contribution in [2.24, 2.45) is 5.73 Å². The second-order valence-electron chi connectivity index (χ2n) is 4.79. The molecule has 0 saturated carbocycles. The quantitative estimate of drug-likeness (QED) is 0.608. The number of carbonyl (C=O) groups is 1. The van der Waals surface area contributed by atoms with Crippen molar-refractivity contribution in [2.45, 2.75) is 18.9 Å². The highest BCUT2D eigenvalue weighted by molar-refractivity contribution is 5.91.